The van der Waals surface area contributed by atoms with Crippen LogP contribution in [-0.2, 0) is 0 Å². The van der Waals surface area contributed by atoms with E-state index in [9.17, 15) is 19.8 Å². The second kappa shape index (κ2) is 8.08. The molecule has 0 atom stereocenters. The SMILES string of the molecule is O=C(CSSCC(=O)c1sc2cccc[n+]2c1O)c1sc2cccc[n+]2c1O. The fraction of sp³-hybridized carbons (Fsp3) is 0.111. The van der Waals surface area contributed by atoms with E-state index < -0.39 is 0 Å². The third-order valence-electron chi connectivity index (χ3n) is 3.89. The molecule has 6 nitrogen and oxygen atoms in total. The van der Waals surface area contributed by atoms with Gasteiger partial charge in [-0.05, 0) is 12.1 Å². The summed E-state index contributed by atoms with van der Waals surface area (Å²) in [5, 5.41) is 20.4. The molecule has 0 bridgehead atoms. The molecule has 28 heavy (non-hydrogen) atoms. The maximum absolute atomic E-state index is 12.4. The van der Waals surface area contributed by atoms with Crippen molar-refractivity contribution in [1.29, 1.82) is 0 Å². The second-order valence-electron chi connectivity index (χ2n) is 5.70. The summed E-state index contributed by atoms with van der Waals surface area (Å²) < 4.78 is 3.14. The number of hydrogen-bond acceptors (Lipinski definition) is 8. The third-order valence-corrected chi connectivity index (χ3v) is 8.34. The van der Waals surface area contributed by atoms with Gasteiger partial charge in [0.15, 0.2) is 33.7 Å². The molecule has 0 aliphatic carbocycles. The molecule has 0 radical (unpaired) electrons. The highest BCUT2D eigenvalue weighted by Gasteiger charge is 2.27. The minimum Gasteiger partial charge on any atom is -0.458 e. The summed E-state index contributed by atoms with van der Waals surface area (Å²) in [6.07, 6.45) is 3.40. The van der Waals surface area contributed by atoms with Gasteiger partial charge in [-0.2, -0.15) is 0 Å². The third kappa shape index (κ3) is 3.60. The number of pyridine rings is 2. The van der Waals surface area contributed by atoms with Gasteiger partial charge < -0.3 is 10.2 Å². The Balaban J connectivity index is 1.36. The molecule has 0 unspecified atom stereocenters. The summed E-state index contributed by atoms with van der Waals surface area (Å²) in [5.74, 6) is -0.190. The predicted octanol–water partition coefficient (Wildman–Crippen LogP) is 3.15. The summed E-state index contributed by atoms with van der Waals surface area (Å²) >= 11 is 2.47. The van der Waals surface area contributed by atoms with E-state index in [-0.39, 0.29) is 34.8 Å². The number of rotatable bonds is 7. The van der Waals surface area contributed by atoms with Crippen molar-refractivity contribution in [3.8, 4) is 11.8 Å². The number of aromatic hydroxyl groups is 2. The largest absolute Gasteiger partial charge is 0.458 e. The van der Waals surface area contributed by atoms with Crippen LogP contribution in [0.15, 0.2) is 48.8 Å². The van der Waals surface area contributed by atoms with Crippen molar-refractivity contribution in [3.05, 3.63) is 58.5 Å². The second-order valence-corrected chi connectivity index (χ2v) is 10.2. The first-order valence-corrected chi connectivity index (χ1v) is 12.2. The lowest BCUT2D eigenvalue weighted by atomic mass is 10.4. The van der Waals surface area contributed by atoms with E-state index >= 15 is 0 Å². The van der Waals surface area contributed by atoms with Crippen LogP contribution in [0.25, 0.3) is 9.66 Å². The molecule has 4 aromatic heterocycles. The number of carbonyl (C=O) groups excluding carboxylic acids is 2. The molecular weight excluding hydrogens is 436 g/mol. The molecule has 0 fully saturated rings. The van der Waals surface area contributed by atoms with Crippen molar-refractivity contribution in [2.75, 3.05) is 11.5 Å². The first-order chi connectivity index (χ1) is 13.6. The highest BCUT2D eigenvalue weighted by atomic mass is 33.1. The average molecular weight is 451 g/mol. The zero-order valence-electron chi connectivity index (χ0n) is 14.3. The highest BCUT2D eigenvalue weighted by molar-refractivity contribution is 8.77. The standard InChI is InChI=1S/C18H12N2O4S4/c21-11(15-17(23)19-7-3-1-5-13(19)27-15)9-25-26-10-12(22)16-18(24)20-8-4-2-6-14(20)28-16/h1-8H,9-10H2/p+2. The molecule has 0 spiro atoms. The van der Waals surface area contributed by atoms with Gasteiger partial charge >= 0.3 is 11.8 Å². The first-order valence-electron chi connectivity index (χ1n) is 8.11. The quantitative estimate of drug-likeness (QED) is 0.195. The van der Waals surface area contributed by atoms with Crippen molar-refractivity contribution in [3.63, 3.8) is 0 Å². The fourth-order valence-corrected chi connectivity index (χ4v) is 6.52. The molecular formula is C18H14N2O4S4+2. The van der Waals surface area contributed by atoms with Gasteiger partial charge in [0, 0.05) is 24.3 Å². The van der Waals surface area contributed by atoms with E-state index in [2.05, 4.69) is 0 Å². The predicted molar refractivity (Wildman–Crippen MR) is 112 cm³/mol. The molecule has 0 aliphatic rings. The van der Waals surface area contributed by atoms with Gasteiger partial charge in [-0.15, -0.1) is 8.80 Å². The normalized spacial score (nSPS) is 11.3. The minimum absolute atomic E-state index is 0.0560. The number of fused-ring (bicyclic) bond motifs is 2. The molecule has 4 heterocycles. The monoisotopic (exact) mass is 450 g/mol. The van der Waals surface area contributed by atoms with E-state index in [0.717, 1.165) is 9.66 Å². The van der Waals surface area contributed by atoms with E-state index in [1.807, 2.05) is 24.3 Å². The van der Waals surface area contributed by atoms with Crippen molar-refractivity contribution in [2.45, 2.75) is 0 Å². The van der Waals surface area contributed by atoms with E-state index in [1.54, 1.807) is 33.3 Å². The van der Waals surface area contributed by atoms with Crippen LogP contribution < -0.4 is 8.80 Å². The van der Waals surface area contributed by atoms with Gasteiger partial charge in [0.25, 0.3) is 9.66 Å². The number of hydrogen-bond donors (Lipinski definition) is 2. The van der Waals surface area contributed by atoms with E-state index in [4.69, 9.17) is 0 Å². The molecule has 0 saturated carbocycles. The maximum atomic E-state index is 12.4. The summed E-state index contributed by atoms with van der Waals surface area (Å²) in [6, 6.07) is 10.9. The van der Waals surface area contributed by atoms with Crippen LogP contribution in [0, 0.1) is 0 Å². The summed E-state index contributed by atoms with van der Waals surface area (Å²) in [4.78, 5) is 27.0. The average Bonchev–Trinajstić information content (AvgIpc) is 3.23. The Morgan fingerprint density at radius 1 is 0.786 bits per heavy atom. The zero-order chi connectivity index (χ0) is 19.7. The van der Waals surface area contributed by atoms with Gasteiger partial charge in [-0.3, -0.25) is 9.59 Å². The number of ketones is 2. The lowest BCUT2D eigenvalue weighted by Crippen LogP contribution is -2.18. The van der Waals surface area contributed by atoms with Crippen LogP contribution in [0.5, 0.6) is 11.8 Å². The molecule has 4 rings (SSSR count). The van der Waals surface area contributed by atoms with E-state index in [0.29, 0.717) is 9.75 Å². The Labute approximate surface area is 175 Å². The topological polar surface area (TPSA) is 82.8 Å². The fourth-order valence-electron chi connectivity index (χ4n) is 2.58. The number of aromatic nitrogens is 2. The van der Waals surface area contributed by atoms with Gasteiger partial charge in [0.05, 0.1) is 11.5 Å². The van der Waals surface area contributed by atoms with Crippen LogP contribution in [0.3, 0.4) is 0 Å². The van der Waals surface area contributed by atoms with Gasteiger partial charge in [-0.1, -0.05) is 44.3 Å². The first kappa shape index (κ1) is 19.2. The smallest absolute Gasteiger partial charge is 0.393 e. The van der Waals surface area contributed by atoms with Crippen LogP contribution in [-0.4, -0.2) is 33.3 Å². The van der Waals surface area contributed by atoms with Crippen molar-refractivity contribution >= 4 is 65.5 Å². The Bertz CT molecular complexity index is 1110. The number of nitrogens with zero attached hydrogens (tertiary/aromatic N) is 2. The van der Waals surface area contributed by atoms with Crippen molar-refractivity contribution < 1.29 is 28.6 Å². The number of thiazole rings is 2. The lowest BCUT2D eigenvalue weighted by Gasteiger charge is -1.97. The summed E-state index contributed by atoms with van der Waals surface area (Å²) in [5.41, 5.74) is 0. The molecule has 4 aromatic rings. The van der Waals surface area contributed by atoms with Gasteiger partial charge in [0.1, 0.15) is 0 Å². The number of carbonyl (C=O) groups is 2. The summed E-state index contributed by atoms with van der Waals surface area (Å²) in [7, 11) is 2.52. The molecule has 0 aromatic carbocycles. The minimum atomic E-state index is -0.184. The van der Waals surface area contributed by atoms with Crippen LogP contribution in [0.1, 0.15) is 19.3 Å². The zero-order valence-corrected chi connectivity index (χ0v) is 17.5. The maximum Gasteiger partial charge on any atom is 0.393 e. The lowest BCUT2D eigenvalue weighted by molar-refractivity contribution is -0.518. The van der Waals surface area contributed by atoms with Crippen molar-refractivity contribution in [1.82, 2.24) is 0 Å². The van der Waals surface area contributed by atoms with Gasteiger partial charge in [-0.25, -0.2) is 0 Å². The molecule has 0 saturated heterocycles. The molecule has 142 valence electrons. The Kier molecular flexibility index (Phi) is 5.54. The van der Waals surface area contributed by atoms with Gasteiger partial charge in [0.2, 0.25) is 0 Å². The number of Topliss-reactive ketones (excluding diaryl/α,β-unsaturated/α-hetero) is 2. The molecule has 2 N–H and O–H groups in total. The molecule has 10 heteroatoms. The van der Waals surface area contributed by atoms with Crippen LogP contribution in [0.2, 0.25) is 0 Å². The van der Waals surface area contributed by atoms with Crippen LogP contribution >= 0.6 is 44.3 Å². The summed E-state index contributed by atoms with van der Waals surface area (Å²) in [6.45, 7) is 0. The molecule has 0 amide bonds. The molecule has 0 aliphatic heterocycles. The van der Waals surface area contributed by atoms with Crippen LogP contribution in [0.4, 0.5) is 0 Å². The highest BCUT2D eigenvalue weighted by Crippen LogP contribution is 2.30. The Hall–Kier alpha value is -2.14. The Morgan fingerprint density at radius 3 is 1.61 bits per heavy atom. The Morgan fingerprint density at radius 2 is 1.21 bits per heavy atom. The van der Waals surface area contributed by atoms with Crippen molar-refractivity contribution in [2.24, 2.45) is 0 Å². The van der Waals surface area contributed by atoms with E-state index in [1.165, 1.54) is 44.3 Å².